The van der Waals surface area contributed by atoms with Gasteiger partial charge in [0.1, 0.15) is 0 Å². The number of ether oxygens (including phenoxy) is 2. The van der Waals surface area contributed by atoms with E-state index in [1.807, 2.05) is 0 Å². The number of carbonyl (C=O) groups excluding carboxylic acids is 1. The first-order valence-corrected chi connectivity index (χ1v) is 7.91. The van der Waals surface area contributed by atoms with Crippen LogP contribution in [0.2, 0.25) is 0 Å². The Balaban J connectivity index is 2.09. The van der Waals surface area contributed by atoms with Crippen molar-refractivity contribution in [2.45, 2.75) is 19.8 Å². The molecule has 25 heavy (non-hydrogen) atoms. The fraction of sp³-hybridized carbons (Fsp3) is 0.278. The van der Waals surface area contributed by atoms with E-state index in [-0.39, 0.29) is 11.6 Å². The van der Waals surface area contributed by atoms with Crippen molar-refractivity contribution in [2.24, 2.45) is 0 Å². The zero-order chi connectivity index (χ0) is 18.2. The molecule has 1 amide bonds. The number of carbonyl (C=O) groups is 1. The second kappa shape index (κ2) is 8.68. The number of hydrogen-bond donors (Lipinski definition) is 1. The second-order valence-electron chi connectivity index (χ2n) is 5.33. The molecular weight excluding hydrogens is 324 g/mol. The van der Waals surface area contributed by atoms with Crippen molar-refractivity contribution in [1.29, 1.82) is 0 Å². The Bertz CT molecular complexity index is 744. The van der Waals surface area contributed by atoms with E-state index in [1.54, 1.807) is 18.2 Å². The molecule has 0 heterocycles. The molecule has 0 saturated heterocycles. The Morgan fingerprint density at radius 3 is 2.48 bits per heavy atom. The van der Waals surface area contributed by atoms with Gasteiger partial charge >= 0.3 is 0 Å². The van der Waals surface area contributed by atoms with Crippen LogP contribution >= 0.6 is 0 Å². The van der Waals surface area contributed by atoms with Crippen LogP contribution in [0.5, 0.6) is 11.5 Å². The van der Waals surface area contributed by atoms with Crippen molar-refractivity contribution in [1.82, 2.24) is 0 Å². The Morgan fingerprint density at radius 1 is 1.16 bits per heavy atom. The molecule has 0 aliphatic rings. The summed E-state index contributed by atoms with van der Waals surface area (Å²) >= 11 is 0. The highest BCUT2D eigenvalue weighted by atomic mass is 16.6. The molecule has 2 rings (SSSR count). The van der Waals surface area contributed by atoms with E-state index in [4.69, 9.17) is 9.47 Å². The monoisotopic (exact) mass is 344 g/mol. The summed E-state index contributed by atoms with van der Waals surface area (Å²) in [7, 11) is 1.51. The van der Waals surface area contributed by atoms with Crippen molar-refractivity contribution in [3.63, 3.8) is 0 Å². The molecule has 0 spiro atoms. The molecule has 0 atom stereocenters. The lowest BCUT2D eigenvalue weighted by molar-refractivity contribution is -0.384. The topological polar surface area (TPSA) is 90.7 Å². The zero-order valence-electron chi connectivity index (χ0n) is 14.2. The van der Waals surface area contributed by atoms with Gasteiger partial charge in [0.2, 0.25) is 0 Å². The number of nitrogens with one attached hydrogen (secondary N) is 1. The van der Waals surface area contributed by atoms with Crippen LogP contribution in [-0.2, 0) is 0 Å². The number of nitrogens with zero attached hydrogens (tertiary/aromatic N) is 1. The summed E-state index contributed by atoms with van der Waals surface area (Å²) < 4.78 is 10.9. The summed E-state index contributed by atoms with van der Waals surface area (Å²) in [6, 6.07) is 10.6. The number of methoxy groups -OCH3 is 1. The van der Waals surface area contributed by atoms with Crippen LogP contribution in [-0.4, -0.2) is 24.5 Å². The number of anilines is 1. The number of unbranched alkanes of at least 4 members (excludes halogenated alkanes) is 1. The van der Waals surface area contributed by atoms with Gasteiger partial charge in [-0.15, -0.1) is 0 Å². The molecule has 7 nitrogen and oxygen atoms in total. The molecular formula is C18H20N2O5. The van der Waals surface area contributed by atoms with Crippen LogP contribution in [0.25, 0.3) is 0 Å². The molecule has 0 radical (unpaired) electrons. The highest BCUT2D eigenvalue weighted by Crippen LogP contribution is 2.28. The van der Waals surface area contributed by atoms with Crippen molar-refractivity contribution in [3.8, 4) is 11.5 Å². The zero-order valence-corrected chi connectivity index (χ0v) is 14.2. The normalized spacial score (nSPS) is 10.2. The maximum atomic E-state index is 12.3. The minimum Gasteiger partial charge on any atom is -0.493 e. The van der Waals surface area contributed by atoms with Gasteiger partial charge < -0.3 is 14.8 Å². The summed E-state index contributed by atoms with van der Waals surface area (Å²) in [5, 5.41) is 13.3. The van der Waals surface area contributed by atoms with E-state index < -0.39 is 4.92 Å². The summed E-state index contributed by atoms with van der Waals surface area (Å²) in [5.74, 6) is 0.725. The van der Waals surface area contributed by atoms with E-state index in [9.17, 15) is 14.9 Å². The van der Waals surface area contributed by atoms with Crippen LogP contribution in [0.15, 0.2) is 42.5 Å². The lowest BCUT2D eigenvalue weighted by Crippen LogP contribution is -2.12. The average molecular weight is 344 g/mol. The predicted octanol–water partition coefficient (Wildman–Crippen LogP) is 4.03. The first-order valence-electron chi connectivity index (χ1n) is 7.91. The maximum Gasteiger partial charge on any atom is 0.269 e. The highest BCUT2D eigenvalue weighted by molar-refractivity contribution is 6.04. The molecule has 0 aliphatic carbocycles. The van der Waals surface area contributed by atoms with Crippen molar-refractivity contribution >= 4 is 17.3 Å². The largest absolute Gasteiger partial charge is 0.493 e. The van der Waals surface area contributed by atoms with Gasteiger partial charge in [0.25, 0.3) is 11.6 Å². The molecule has 2 aromatic rings. The van der Waals surface area contributed by atoms with E-state index in [0.29, 0.717) is 29.4 Å². The number of nitro benzene ring substituents is 1. The van der Waals surface area contributed by atoms with Crippen LogP contribution in [0, 0.1) is 10.1 Å². The first-order chi connectivity index (χ1) is 12.0. The number of amides is 1. The third-order valence-electron chi connectivity index (χ3n) is 3.52. The number of non-ortho nitro benzene ring substituents is 1. The van der Waals surface area contributed by atoms with Crippen LogP contribution in [0.1, 0.15) is 30.1 Å². The van der Waals surface area contributed by atoms with Gasteiger partial charge in [-0.2, -0.15) is 0 Å². The quantitative estimate of drug-likeness (QED) is 0.443. The van der Waals surface area contributed by atoms with Crippen LogP contribution < -0.4 is 14.8 Å². The molecule has 0 bridgehead atoms. The van der Waals surface area contributed by atoms with Gasteiger partial charge in [0.05, 0.1) is 18.6 Å². The lowest BCUT2D eigenvalue weighted by atomic mass is 10.1. The number of nitro groups is 1. The van der Waals surface area contributed by atoms with Gasteiger partial charge in [-0.25, -0.2) is 0 Å². The van der Waals surface area contributed by atoms with Crippen molar-refractivity contribution in [3.05, 3.63) is 58.1 Å². The third-order valence-corrected chi connectivity index (χ3v) is 3.52. The van der Waals surface area contributed by atoms with Crippen LogP contribution in [0.3, 0.4) is 0 Å². The Morgan fingerprint density at radius 2 is 1.88 bits per heavy atom. The predicted molar refractivity (Wildman–Crippen MR) is 94.4 cm³/mol. The molecule has 0 unspecified atom stereocenters. The maximum absolute atomic E-state index is 12.3. The lowest BCUT2D eigenvalue weighted by Gasteiger charge is -2.12. The number of rotatable bonds is 8. The smallest absolute Gasteiger partial charge is 0.269 e. The minimum atomic E-state index is -0.492. The average Bonchev–Trinajstić information content (AvgIpc) is 2.62. The summed E-state index contributed by atoms with van der Waals surface area (Å²) in [4.78, 5) is 22.5. The molecule has 0 aromatic heterocycles. The first kappa shape index (κ1) is 18.3. The van der Waals surface area contributed by atoms with Gasteiger partial charge in [-0.3, -0.25) is 14.9 Å². The molecule has 132 valence electrons. The molecule has 1 N–H and O–H groups in total. The summed E-state index contributed by atoms with van der Waals surface area (Å²) in [6.45, 7) is 2.66. The standard InChI is InChI=1S/C18H20N2O5/c1-3-4-11-25-16-10-5-13(12-17(16)24-2)18(21)19-14-6-8-15(9-7-14)20(22)23/h5-10,12H,3-4,11H2,1-2H3,(H,19,21). The van der Waals surface area contributed by atoms with E-state index in [0.717, 1.165) is 12.8 Å². The van der Waals surface area contributed by atoms with Crippen molar-refractivity contribution < 1.29 is 19.2 Å². The Hall–Kier alpha value is -3.09. The van der Waals surface area contributed by atoms with Gasteiger partial charge in [0.15, 0.2) is 11.5 Å². The van der Waals surface area contributed by atoms with Gasteiger partial charge in [0, 0.05) is 23.4 Å². The fourth-order valence-corrected chi connectivity index (χ4v) is 2.12. The number of benzene rings is 2. The summed E-state index contributed by atoms with van der Waals surface area (Å²) in [5.41, 5.74) is 0.837. The molecule has 2 aromatic carbocycles. The van der Waals surface area contributed by atoms with E-state index >= 15 is 0 Å². The summed E-state index contributed by atoms with van der Waals surface area (Å²) in [6.07, 6.45) is 1.96. The molecule has 0 aliphatic heterocycles. The van der Waals surface area contributed by atoms with E-state index in [1.165, 1.54) is 31.4 Å². The van der Waals surface area contributed by atoms with Gasteiger partial charge in [-0.05, 0) is 36.8 Å². The van der Waals surface area contributed by atoms with Gasteiger partial charge in [-0.1, -0.05) is 13.3 Å². The van der Waals surface area contributed by atoms with E-state index in [2.05, 4.69) is 12.2 Å². The van der Waals surface area contributed by atoms with Crippen molar-refractivity contribution in [2.75, 3.05) is 19.0 Å². The number of hydrogen-bond acceptors (Lipinski definition) is 5. The third kappa shape index (κ3) is 4.94. The Kier molecular flexibility index (Phi) is 6.33. The molecule has 0 fully saturated rings. The Labute approximate surface area is 145 Å². The SMILES string of the molecule is CCCCOc1ccc(C(=O)Nc2ccc([N+](=O)[O-])cc2)cc1OC. The molecule has 7 heteroatoms. The van der Waals surface area contributed by atoms with Crippen LogP contribution in [0.4, 0.5) is 11.4 Å². The molecule has 0 saturated carbocycles. The minimum absolute atomic E-state index is 0.0340. The fourth-order valence-electron chi connectivity index (χ4n) is 2.12. The highest BCUT2D eigenvalue weighted by Gasteiger charge is 2.12. The second-order valence-corrected chi connectivity index (χ2v) is 5.33.